The number of fused-ring (bicyclic) bond motifs is 3. The second-order valence-corrected chi connectivity index (χ2v) is 8.81. The molecule has 4 rings (SSSR count). The Balaban J connectivity index is 1.93. The average molecular weight is 447 g/mol. The minimum atomic E-state index is -0.230. The number of thiophene rings is 1. The summed E-state index contributed by atoms with van der Waals surface area (Å²) >= 11 is 4.82. The van der Waals surface area contributed by atoms with Crippen LogP contribution in [0.4, 0.5) is 0 Å². The van der Waals surface area contributed by atoms with E-state index in [4.69, 9.17) is 0 Å². The molecule has 0 unspecified atom stereocenters. The van der Waals surface area contributed by atoms with Gasteiger partial charge in [0.05, 0.1) is 12.1 Å². The molecule has 0 amide bonds. The lowest BCUT2D eigenvalue weighted by molar-refractivity contribution is 0.512. The maximum absolute atomic E-state index is 13.1. The zero-order valence-electron chi connectivity index (χ0n) is 15.1. The van der Waals surface area contributed by atoms with E-state index < -0.39 is 0 Å². The molecule has 0 saturated carbocycles. The van der Waals surface area contributed by atoms with Gasteiger partial charge in [-0.3, -0.25) is 9.36 Å². The summed E-state index contributed by atoms with van der Waals surface area (Å²) in [5.41, 5.74) is 1.29. The molecule has 0 atom stereocenters. The molecule has 0 saturated heterocycles. The molecule has 4 aromatic rings. The third kappa shape index (κ3) is 3.27. The molecule has 1 aromatic carbocycles. The van der Waals surface area contributed by atoms with Gasteiger partial charge in [-0.2, -0.15) is 0 Å². The number of nitrogens with zero attached hydrogens (tertiary/aromatic N) is 4. The lowest BCUT2D eigenvalue weighted by Crippen LogP contribution is -2.26. The summed E-state index contributed by atoms with van der Waals surface area (Å²) in [6.45, 7) is 5.12. The third-order valence-electron chi connectivity index (χ3n) is 4.54. The second kappa shape index (κ2) is 7.09. The summed E-state index contributed by atoms with van der Waals surface area (Å²) in [6, 6.07) is 9.59. The van der Waals surface area contributed by atoms with Gasteiger partial charge in [0.2, 0.25) is 5.78 Å². The molecule has 0 radical (unpaired) electrons. The minimum absolute atomic E-state index is 0.0762. The Labute approximate surface area is 167 Å². The van der Waals surface area contributed by atoms with Crippen LogP contribution in [0.1, 0.15) is 25.8 Å². The van der Waals surface area contributed by atoms with E-state index in [1.807, 2.05) is 35.7 Å². The summed E-state index contributed by atoms with van der Waals surface area (Å²) in [4.78, 5) is 26.0. The molecule has 8 heteroatoms. The van der Waals surface area contributed by atoms with Gasteiger partial charge in [-0.15, -0.1) is 16.4 Å². The SMILES string of the molecule is CC(C)CCn1c(=O)c2sccc2n2c(=O)n(Cc3cccc(Br)c3)nc12. The summed E-state index contributed by atoms with van der Waals surface area (Å²) in [6.07, 6.45) is 0.846. The number of hydrogen-bond donors (Lipinski definition) is 0. The van der Waals surface area contributed by atoms with Crippen molar-refractivity contribution < 1.29 is 0 Å². The standard InChI is InChI=1S/C19H19BrN4O2S/c1-12(2)6-8-22-17(25)16-15(7-9-27-16)24-18(22)21-23(19(24)26)11-13-4-3-5-14(20)10-13/h3-5,7,9-10,12H,6,8,11H2,1-2H3. The fraction of sp³-hybridized carbons (Fsp3) is 0.316. The zero-order chi connectivity index (χ0) is 19.1. The number of hydrogen-bond acceptors (Lipinski definition) is 4. The lowest BCUT2D eigenvalue weighted by atomic mass is 10.1. The van der Waals surface area contributed by atoms with E-state index in [0.717, 1.165) is 16.5 Å². The Hall–Kier alpha value is -2.19. The quantitative estimate of drug-likeness (QED) is 0.469. The molecule has 6 nitrogen and oxygen atoms in total. The number of aromatic nitrogens is 4. The first kappa shape index (κ1) is 18.2. The number of aryl methyl sites for hydroxylation is 1. The van der Waals surface area contributed by atoms with Crippen LogP contribution in [0.5, 0.6) is 0 Å². The molecule has 0 aliphatic rings. The van der Waals surface area contributed by atoms with Crippen molar-refractivity contribution in [2.45, 2.75) is 33.4 Å². The second-order valence-electron chi connectivity index (χ2n) is 6.98. The van der Waals surface area contributed by atoms with Crippen LogP contribution >= 0.6 is 27.3 Å². The average Bonchev–Trinajstić information content (AvgIpc) is 3.20. The lowest BCUT2D eigenvalue weighted by Gasteiger charge is -2.09. The van der Waals surface area contributed by atoms with Crippen molar-refractivity contribution in [1.29, 1.82) is 0 Å². The molecule has 140 valence electrons. The van der Waals surface area contributed by atoms with E-state index in [-0.39, 0.29) is 11.2 Å². The Morgan fingerprint density at radius 1 is 1.22 bits per heavy atom. The fourth-order valence-electron chi connectivity index (χ4n) is 3.13. The molecule has 0 spiro atoms. The highest BCUT2D eigenvalue weighted by Gasteiger charge is 2.18. The maximum Gasteiger partial charge on any atom is 0.352 e. The van der Waals surface area contributed by atoms with Crippen molar-refractivity contribution in [3.8, 4) is 0 Å². The topological polar surface area (TPSA) is 61.3 Å². The minimum Gasteiger partial charge on any atom is -0.276 e. The maximum atomic E-state index is 13.1. The van der Waals surface area contributed by atoms with Crippen molar-refractivity contribution in [3.05, 3.63) is 66.6 Å². The first-order valence-corrected chi connectivity index (χ1v) is 10.5. The largest absolute Gasteiger partial charge is 0.352 e. The molecular formula is C19H19BrN4O2S. The van der Waals surface area contributed by atoms with Crippen LogP contribution in [-0.2, 0) is 13.1 Å². The number of rotatable bonds is 5. The van der Waals surface area contributed by atoms with Crippen LogP contribution in [-0.4, -0.2) is 18.7 Å². The predicted octanol–water partition coefficient (Wildman–Crippen LogP) is 3.73. The monoisotopic (exact) mass is 446 g/mol. The summed E-state index contributed by atoms with van der Waals surface area (Å²) < 4.78 is 6.17. The van der Waals surface area contributed by atoms with Crippen LogP contribution in [0.25, 0.3) is 16.0 Å². The predicted molar refractivity (Wildman–Crippen MR) is 112 cm³/mol. The van der Waals surface area contributed by atoms with Crippen molar-refractivity contribution in [3.63, 3.8) is 0 Å². The molecular weight excluding hydrogens is 428 g/mol. The van der Waals surface area contributed by atoms with Gasteiger partial charge in [-0.1, -0.05) is 41.9 Å². The van der Waals surface area contributed by atoms with Gasteiger partial charge in [-0.25, -0.2) is 13.9 Å². The molecule has 0 fully saturated rings. The van der Waals surface area contributed by atoms with Crippen LogP contribution in [0.3, 0.4) is 0 Å². The number of benzene rings is 1. The first-order chi connectivity index (χ1) is 13.0. The molecule has 0 bridgehead atoms. The highest BCUT2D eigenvalue weighted by molar-refractivity contribution is 9.10. The van der Waals surface area contributed by atoms with Crippen LogP contribution in [0.2, 0.25) is 0 Å². The number of halogens is 1. The van der Waals surface area contributed by atoms with Crippen LogP contribution in [0.15, 0.2) is 49.8 Å². The van der Waals surface area contributed by atoms with Crippen molar-refractivity contribution >= 4 is 43.3 Å². The third-order valence-corrected chi connectivity index (χ3v) is 5.92. The molecule has 3 aromatic heterocycles. The van der Waals surface area contributed by atoms with Gasteiger partial charge in [-0.05, 0) is 41.5 Å². The normalized spacial score (nSPS) is 11.9. The summed E-state index contributed by atoms with van der Waals surface area (Å²) in [5.74, 6) is 0.859. The Morgan fingerprint density at radius 2 is 2.04 bits per heavy atom. The van der Waals surface area contributed by atoms with E-state index in [2.05, 4.69) is 34.9 Å². The first-order valence-electron chi connectivity index (χ1n) is 8.79. The molecule has 3 heterocycles. The smallest absolute Gasteiger partial charge is 0.276 e. The Morgan fingerprint density at radius 3 is 2.78 bits per heavy atom. The zero-order valence-corrected chi connectivity index (χ0v) is 17.5. The van der Waals surface area contributed by atoms with E-state index in [1.54, 1.807) is 8.97 Å². The van der Waals surface area contributed by atoms with Gasteiger partial charge in [0.25, 0.3) is 5.56 Å². The summed E-state index contributed by atoms with van der Waals surface area (Å²) in [5, 5.41) is 6.37. The van der Waals surface area contributed by atoms with Crippen LogP contribution < -0.4 is 11.2 Å². The molecule has 27 heavy (non-hydrogen) atoms. The van der Waals surface area contributed by atoms with Crippen molar-refractivity contribution in [2.24, 2.45) is 5.92 Å². The van der Waals surface area contributed by atoms with Crippen LogP contribution in [0, 0.1) is 5.92 Å². The highest BCUT2D eigenvalue weighted by atomic mass is 79.9. The van der Waals surface area contributed by atoms with Gasteiger partial charge in [0, 0.05) is 11.0 Å². The Kier molecular flexibility index (Phi) is 4.77. The summed E-state index contributed by atoms with van der Waals surface area (Å²) in [7, 11) is 0. The van der Waals surface area contributed by atoms with Gasteiger partial charge < -0.3 is 0 Å². The van der Waals surface area contributed by atoms with Crippen molar-refractivity contribution in [1.82, 2.24) is 18.7 Å². The molecule has 0 aliphatic carbocycles. The molecule has 0 N–H and O–H groups in total. The van der Waals surface area contributed by atoms with Gasteiger partial charge in [0.15, 0.2) is 0 Å². The van der Waals surface area contributed by atoms with Crippen molar-refractivity contribution in [2.75, 3.05) is 0 Å². The van der Waals surface area contributed by atoms with E-state index in [1.165, 1.54) is 16.0 Å². The van der Waals surface area contributed by atoms with E-state index in [9.17, 15) is 9.59 Å². The Bertz CT molecular complexity index is 1250. The van der Waals surface area contributed by atoms with E-state index >= 15 is 0 Å². The van der Waals surface area contributed by atoms with Gasteiger partial charge in [0.1, 0.15) is 4.70 Å². The van der Waals surface area contributed by atoms with E-state index in [0.29, 0.717) is 35.0 Å². The molecule has 0 aliphatic heterocycles. The fourth-order valence-corrected chi connectivity index (χ4v) is 4.40. The highest BCUT2D eigenvalue weighted by Crippen LogP contribution is 2.18. The van der Waals surface area contributed by atoms with Gasteiger partial charge >= 0.3 is 5.69 Å².